The fourth-order valence-corrected chi connectivity index (χ4v) is 5.27. The van der Waals surface area contributed by atoms with Crippen LogP contribution in [0.4, 0.5) is 10.2 Å². The molecule has 0 bridgehead atoms. The number of hydrogen-bond acceptors (Lipinski definition) is 4. The first-order valence-electron chi connectivity index (χ1n) is 10.2. The Kier molecular flexibility index (Phi) is 6.55. The Morgan fingerprint density at radius 1 is 1.06 bits per heavy atom. The zero-order chi connectivity index (χ0) is 21.8. The molecule has 0 saturated carbocycles. The van der Waals surface area contributed by atoms with Gasteiger partial charge in [0.1, 0.15) is 5.82 Å². The summed E-state index contributed by atoms with van der Waals surface area (Å²) in [6, 6.07) is 19.3. The van der Waals surface area contributed by atoms with Crippen LogP contribution in [-0.2, 0) is 16.6 Å². The van der Waals surface area contributed by atoms with Crippen LogP contribution in [0.5, 0.6) is 0 Å². The molecule has 1 atom stereocenters. The summed E-state index contributed by atoms with van der Waals surface area (Å²) in [7, 11) is -3.93. The number of likely N-dealkylation sites (tertiary alicyclic amines) is 1. The topological polar surface area (TPSA) is 62.3 Å². The Hall–Kier alpha value is -2.48. The molecule has 0 unspecified atom stereocenters. The van der Waals surface area contributed by atoms with E-state index in [1.165, 1.54) is 36.2 Å². The van der Waals surface area contributed by atoms with E-state index < -0.39 is 16.0 Å². The largest absolute Gasteiger partial charge is 0.292 e. The van der Waals surface area contributed by atoms with Crippen LogP contribution in [0.25, 0.3) is 0 Å². The Morgan fingerprint density at radius 3 is 2.61 bits per heavy atom. The minimum Gasteiger partial charge on any atom is -0.292 e. The smallest absolute Gasteiger partial charge is 0.263 e. The van der Waals surface area contributed by atoms with E-state index in [-0.39, 0.29) is 10.7 Å². The fraction of sp³-hybridized carbons (Fsp3) is 0.261. The minimum atomic E-state index is -3.93. The maximum atomic E-state index is 13.3. The number of nitrogens with one attached hydrogen (secondary N) is 1. The molecule has 0 amide bonds. The molecule has 8 heteroatoms. The van der Waals surface area contributed by atoms with Crippen molar-refractivity contribution in [1.29, 1.82) is 0 Å². The van der Waals surface area contributed by atoms with Gasteiger partial charge in [-0.1, -0.05) is 60.5 Å². The van der Waals surface area contributed by atoms with Crippen LogP contribution in [0.1, 0.15) is 36.4 Å². The van der Waals surface area contributed by atoms with Crippen molar-refractivity contribution in [2.24, 2.45) is 0 Å². The van der Waals surface area contributed by atoms with Crippen LogP contribution in [0.2, 0.25) is 5.02 Å². The van der Waals surface area contributed by atoms with E-state index >= 15 is 0 Å². The Labute approximate surface area is 186 Å². The Morgan fingerprint density at radius 2 is 1.87 bits per heavy atom. The van der Waals surface area contributed by atoms with E-state index in [0.29, 0.717) is 17.6 Å². The maximum Gasteiger partial charge on any atom is 0.263 e. The second kappa shape index (κ2) is 9.34. The number of benzene rings is 2. The molecular formula is C23H23ClFN3O2S. The summed E-state index contributed by atoms with van der Waals surface area (Å²) >= 11 is 6.48. The van der Waals surface area contributed by atoms with Gasteiger partial charge < -0.3 is 0 Å². The van der Waals surface area contributed by atoms with E-state index in [0.717, 1.165) is 31.0 Å². The van der Waals surface area contributed by atoms with Gasteiger partial charge in [0.25, 0.3) is 10.0 Å². The summed E-state index contributed by atoms with van der Waals surface area (Å²) in [5, 5.41) is 0.382. The van der Waals surface area contributed by atoms with Gasteiger partial charge in [-0.2, -0.15) is 4.39 Å². The van der Waals surface area contributed by atoms with Gasteiger partial charge in [0.15, 0.2) is 0 Å². The maximum absolute atomic E-state index is 13.3. The first-order chi connectivity index (χ1) is 14.9. The predicted octanol–water partition coefficient (Wildman–Crippen LogP) is 5.40. The average molecular weight is 460 g/mol. The molecule has 4 rings (SSSR count). The predicted molar refractivity (Wildman–Crippen MR) is 120 cm³/mol. The van der Waals surface area contributed by atoms with Crippen LogP contribution in [-0.4, -0.2) is 24.8 Å². The van der Waals surface area contributed by atoms with Gasteiger partial charge in [-0.25, -0.2) is 13.4 Å². The van der Waals surface area contributed by atoms with Gasteiger partial charge in [-0.05, 0) is 54.8 Å². The lowest BCUT2D eigenvalue weighted by Crippen LogP contribution is -2.33. The van der Waals surface area contributed by atoms with Gasteiger partial charge >= 0.3 is 0 Å². The third-order valence-corrected chi connectivity index (χ3v) is 7.16. The van der Waals surface area contributed by atoms with Crippen LogP contribution in [0.3, 0.4) is 0 Å². The van der Waals surface area contributed by atoms with Gasteiger partial charge in [-0.15, -0.1) is 0 Å². The molecule has 0 aliphatic carbocycles. The third-order valence-electron chi connectivity index (χ3n) is 5.46. The van der Waals surface area contributed by atoms with Crippen molar-refractivity contribution in [2.75, 3.05) is 11.3 Å². The third kappa shape index (κ3) is 5.23. The lowest BCUT2D eigenvalue weighted by atomic mass is 9.94. The Bertz CT molecular complexity index is 1160. The van der Waals surface area contributed by atoms with Gasteiger partial charge in [0.05, 0.1) is 4.90 Å². The lowest BCUT2D eigenvalue weighted by Gasteiger charge is -2.36. The number of aromatic nitrogens is 1. The molecule has 1 aromatic heterocycles. The number of nitrogens with zero attached hydrogens (tertiary/aromatic N) is 2. The minimum absolute atomic E-state index is 0.00515. The molecule has 0 spiro atoms. The van der Waals surface area contributed by atoms with Gasteiger partial charge in [-0.3, -0.25) is 9.62 Å². The van der Waals surface area contributed by atoms with Crippen molar-refractivity contribution >= 4 is 27.4 Å². The number of halogens is 2. The highest BCUT2D eigenvalue weighted by Crippen LogP contribution is 2.33. The van der Waals surface area contributed by atoms with Crippen LogP contribution >= 0.6 is 11.6 Å². The van der Waals surface area contributed by atoms with Crippen molar-refractivity contribution in [3.63, 3.8) is 0 Å². The molecule has 1 aliphatic heterocycles. The number of sulfonamides is 1. The highest BCUT2D eigenvalue weighted by molar-refractivity contribution is 7.92. The molecule has 3 aromatic rings. The molecule has 31 heavy (non-hydrogen) atoms. The number of pyridine rings is 1. The quantitative estimate of drug-likeness (QED) is 0.501. The number of hydrogen-bond donors (Lipinski definition) is 1. The van der Waals surface area contributed by atoms with E-state index in [1.807, 2.05) is 6.07 Å². The van der Waals surface area contributed by atoms with E-state index in [1.54, 1.807) is 6.07 Å². The number of anilines is 1. The van der Waals surface area contributed by atoms with Crippen molar-refractivity contribution in [3.8, 4) is 0 Å². The van der Waals surface area contributed by atoms with Crippen LogP contribution in [0.15, 0.2) is 71.6 Å². The highest BCUT2D eigenvalue weighted by atomic mass is 35.5. The monoisotopic (exact) mass is 459 g/mol. The normalized spacial score (nSPS) is 17.4. The molecular weight excluding hydrogens is 437 g/mol. The summed E-state index contributed by atoms with van der Waals surface area (Å²) in [6.07, 6.45) is 3.39. The molecule has 1 aliphatic rings. The highest BCUT2D eigenvalue weighted by Gasteiger charge is 2.25. The molecule has 1 N–H and O–H groups in total. The van der Waals surface area contributed by atoms with Crippen molar-refractivity contribution in [3.05, 3.63) is 88.8 Å². The SMILES string of the molecule is O=S(=O)(Nc1cccc(F)n1)c1ccc(CN2CCCC[C@@H]2c2ccccc2)c(Cl)c1. The van der Waals surface area contributed by atoms with E-state index in [2.05, 4.69) is 38.9 Å². The van der Waals surface area contributed by atoms with Crippen LogP contribution < -0.4 is 4.72 Å². The standard InChI is InChI=1S/C23H23ClFN3O2S/c24-20-15-19(31(29,30)27-23-11-6-10-22(25)26-23)13-12-18(20)16-28-14-5-4-9-21(28)17-7-2-1-3-8-17/h1-3,6-8,10-13,15,21H,4-5,9,14,16H2,(H,26,27)/t21-/m1/s1. The molecule has 2 heterocycles. The zero-order valence-corrected chi connectivity index (χ0v) is 18.4. The zero-order valence-electron chi connectivity index (χ0n) is 16.8. The first-order valence-corrected chi connectivity index (χ1v) is 12.0. The fourth-order valence-electron chi connectivity index (χ4n) is 3.94. The first kappa shape index (κ1) is 21.7. The van der Waals surface area contributed by atoms with Gasteiger partial charge in [0, 0.05) is 17.6 Å². The second-order valence-electron chi connectivity index (χ2n) is 7.60. The average Bonchev–Trinajstić information content (AvgIpc) is 2.76. The van der Waals surface area contributed by atoms with Crippen molar-refractivity contribution in [2.45, 2.75) is 36.7 Å². The Balaban J connectivity index is 1.53. The summed E-state index contributed by atoms with van der Waals surface area (Å²) in [4.78, 5) is 5.94. The summed E-state index contributed by atoms with van der Waals surface area (Å²) in [5.41, 5.74) is 2.15. The summed E-state index contributed by atoms with van der Waals surface area (Å²) < 4.78 is 40.9. The van der Waals surface area contributed by atoms with Gasteiger partial charge in [0.2, 0.25) is 5.95 Å². The van der Waals surface area contributed by atoms with E-state index in [4.69, 9.17) is 11.6 Å². The molecule has 1 saturated heterocycles. The molecule has 162 valence electrons. The molecule has 1 fully saturated rings. The van der Waals surface area contributed by atoms with E-state index in [9.17, 15) is 12.8 Å². The molecule has 2 aromatic carbocycles. The summed E-state index contributed by atoms with van der Waals surface area (Å²) in [6.45, 7) is 1.60. The van der Waals surface area contributed by atoms with Crippen molar-refractivity contribution in [1.82, 2.24) is 9.88 Å². The number of piperidine rings is 1. The molecule has 5 nitrogen and oxygen atoms in total. The lowest BCUT2D eigenvalue weighted by molar-refractivity contribution is 0.140. The molecule has 0 radical (unpaired) electrons. The van der Waals surface area contributed by atoms with Crippen molar-refractivity contribution < 1.29 is 12.8 Å². The van der Waals surface area contributed by atoms with Crippen LogP contribution in [0, 0.1) is 5.95 Å². The number of rotatable bonds is 6. The summed E-state index contributed by atoms with van der Waals surface area (Å²) in [5.74, 6) is -0.845. The second-order valence-corrected chi connectivity index (χ2v) is 9.69.